The number of aromatic nitrogens is 2. The van der Waals surface area contributed by atoms with Gasteiger partial charge in [-0.05, 0) is 18.6 Å². The summed E-state index contributed by atoms with van der Waals surface area (Å²) in [5.74, 6) is 0.276. The minimum atomic E-state index is -4.37. The van der Waals surface area contributed by atoms with Crippen LogP contribution >= 0.6 is 0 Å². The number of halogens is 3. The highest BCUT2D eigenvalue weighted by atomic mass is 19.4. The fourth-order valence-electron chi connectivity index (χ4n) is 1.64. The smallest absolute Gasteiger partial charge is 0.307 e. The van der Waals surface area contributed by atoms with E-state index in [0.717, 1.165) is 12.1 Å². The van der Waals surface area contributed by atoms with Crippen LogP contribution in [0.3, 0.4) is 0 Å². The molecule has 0 saturated carbocycles. The van der Waals surface area contributed by atoms with E-state index in [4.69, 9.17) is 0 Å². The van der Waals surface area contributed by atoms with Gasteiger partial charge in [0.1, 0.15) is 5.82 Å². The molecule has 0 radical (unpaired) electrons. The number of aryl methyl sites for hydroxylation is 1. The van der Waals surface area contributed by atoms with Gasteiger partial charge in [0, 0.05) is 17.3 Å². The lowest BCUT2D eigenvalue weighted by atomic mass is 10.1. The van der Waals surface area contributed by atoms with E-state index in [2.05, 4.69) is 9.97 Å². The number of nitrogens with one attached hydrogen (secondary N) is 1. The molecular weight excluding hydrogens is 257 g/mol. The van der Waals surface area contributed by atoms with Crippen LogP contribution in [0.2, 0.25) is 0 Å². The second-order valence-corrected chi connectivity index (χ2v) is 4.01. The van der Waals surface area contributed by atoms with Crippen molar-refractivity contribution in [1.82, 2.24) is 9.97 Å². The molecule has 0 saturated heterocycles. The Labute approximate surface area is 107 Å². The number of benzene rings is 1. The number of H-pyrrole nitrogens is 1. The lowest BCUT2D eigenvalue weighted by Gasteiger charge is -2.07. The van der Waals surface area contributed by atoms with E-state index in [1.807, 2.05) is 6.92 Å². The third kappa shape index (κ3) is 3.01. The van der Waals surface area contributed by atoms with Crippen LogP contribution in [0.25, 0.3) is 11.4 Å². The van der Waals surface area contributed by atoms with E-state index >= 15 is 0 Å². The first-order chi connectivity index (χ1) is 8.90. The number of hydrogen-bond donors (Lipinski definition) is 1. The molecule has 1 aromatic heterocycles. The second-order valence-electron chi connectivity index (χ2n) is 4.01. The Morgan fingerprint density at radius 3 is 2.37 bits per heavy atom. The molecule has 0 atom stereocenters. The Morgan fingerprint density at radius 2 is 1.84 bits per heavy atom. The maximum atomic E-state index is 12.4. The average Bonchev–Trinajstić information content (AvgIpc) is 2.37. The summed E-state index contributed by atoms with van der Waals surface area (Å²) in [6.07, 6.45) is -3.79. The molecule has 0 aliphatic rings. The minimum Gasteiger partial charge on any atom is -0.307 e. The van der Waals surface area contributed by atoms with Crippen molar-refractivity contribution in [3.05, 3.63) is 51.9 Å². The monoisotopic (exact) mass is 268 g/mol. The van der Waals surface area contributed by atoms with Crippen LogP contribution in [0.4, 0.5) is 13.2 Å². The number of alkyl halides is 3. The second kappa shape index (κ2) is 4.87. The third-order valence-electron chi connectivity index (χ3n) is 2.64. The van der Waals surface area contributed by atoms with Crippen LogP contribution in [0, 0.1) is 0 Å². The van der Waals surface area contributed by atoms with E-state index in [1.54, 1.807) is 0 Å². The summed E-state index contributed by atoms with van der Waals surface area (Å²) >= 11 is 0. The largest absolute Gasteiger partial charge is 0.416 e. The van der Waals surface area contributed by atoms with Crippen molar-refractivity contribution in [3.63, 3.8) is 0 Å². The quantitative estimate of drug-likeness (QED) is 0.910. The Balaban J connectivity index is 2.43. The molecule has 1 N–H and O–H groups in total. The van der Waals surface area contributed by atoms with Gasteiger partial charge in [0.25, 0.3) is 5.56 Å². The zero-order valence-electron chi connectivity index (χ0n) is 10.1. The molecule has 6 heteroatoms. The molecule has 1 heterocycles. The van der Waals surface area contributed by atoms with E-state index < -0.39 is 11.7 Å². The molecule has 2 aromatic rings. The molecule has 1 aromatic carbocycles. The van der Waals surface area contributed by atoms with Gasteiger partial charge >= 0.3 is 6.18 Å². The fraction of sp³-hybridized carbons (Fsp3) is 0.231. The average molecular weight is 268 g/mol. The van der Waals surface area contributed by atoms with E-state index in [-0.39, 0.29) is 11.4 Å². The zero-order chi connectivity index (χ0) is 14.0. The van der Waals surface area contributed by atoms with Gasteiger partial charge in [0.2, 0.25) is 0 Å². The Kier molecular flexibility index (Phi) is 3.42. The van der Waals surface area contributed by atoms with Crippen molar-refractivity contribution in [2.75, 3.05) is 0 Å². The molecule has 0 bridgehead atoms. The molecular formula is C13H11F3N2O. The van der Waals surface area contributed by atoms with Crippen molar-refractivity contribution < 1.29 is 13.2 Å². The number of aromatic amines is 1. The van der Waals surface area contributed by atoms with Crippen molar-refractivity contribution in [2.45, 2.75) is 19.5 Å². The van der Waals surface area contributed by atoms with Crippen LogP contribution in [-0.2, 0) is 12.6 Å². The summed E-state index contributed by atoms with van der Waals surface area (Å²) in [6, 6.07) is 5.89. The summed E-state index contributed by atoms with van der Waals surface area (Å²) < 4.78 is 37.3. The van der Waals surface area contributed by atoms with Crippen LogP contribution in [0.1, 0.15) is 18.2 Å². The molecule has 0 unspecified atom stereocenters. The lowest BCUT2D eigenvalue weighted by molar-refractivity contribution is -0.137. The molecule has 100 valence electrons. The van der Waals surface area contributed by atoms with Gasteiger partial charge in [-0.25, -0.2) is 4.98 Å². The molecule has 19 heavy (non-hydrogen) atoms. The SMILES string of the molecule is CCc1cc(=O)[nH]c(-c2ccc(C(F)(F)F)cc2)n1. The van der Waals surface area contributed by atoms with Crippen molar-refractivity contribution >= 4 is 0 Å². The van der Waals surface area contributed by atoms with E-state index in [9.17, 15) is 18.0 Å². The maximum absolute atomic E-state index is 12.4. The van der Waals surface area contributed by atoms with Crippen LogP contribution in [0.5, 0.6) is 0 Å². The van der Waals surface area contributed by atoms with Gasteiger partial charge in [-0.1, -0.05) is 19.1 Å². The van der Waals surface area contributed by atoms with Gasteiger partial charge in [-0.3, -0.25) is 4.79 Å². The topological polar surface area (TPSA) is 45.8 Å². The summed E-state index contributed by atoms with van der Waals surface area (Å²) in [4.78, 5) is 18.1. The first-order valence-corrected chi connectivity index (χ1v) is 5.68. The van der Waals surface area contributed by atoms with Crippen LogP contribution < -0.4 is 5.56 Å². The number of hydrogen-bond acceptors (Lipinski definition) is 2. The molecule has 0 amide bonds. The van der Waals surface area contributed by atoms with E-state index in [1.165, 1.54) is 18.2 Å². The van der Waals surface area contributed by atoms with E-state index in [0.29, 0.717) is 17.7 Å². The highest BCUT2D eigenvalue weighted by Gasteiger charge is 2.30. The summed E-state index contributed by atoms with van der Waals surface area (Å²) in [5.41, 5.74) is -0.00830. The zero-order valence-corrected chi connectivity index (χ0v) is 10.1. The van der Waals surface area contributed by atoms with Gasteiger partial charge < -0.3 is 4.98 Å². The third-order valence-corrected chi connectivity index (χ3v) is 2.64. The Morgan fingerprint density at radius 1 is 1.21 bits per heavy atom. The molecule has 0 aliphatic carbocycles. The maximum Gasteiger partial charge on any atom is 0.416 e. The Bertz CT molecular complexity index is 630. The lowest BCUT2D eigenvalue weighted by Crippen LogP contribution is -2.10. The standard InChI is InChI=1S/C13H11F3N2O/c1-2-10-7-11(19)18-12(17-10)8-3-5-9(6-4-8)13(14,15)16/h3-7H,2H2,1H3,(H,17,18,19). The summed E-state index contributed by atoms with van der Waals surface area (Å²) in [5, 5.41) is 0. The Hall–Kier alpha value is -2.11. The first kappa shape index (κ1) is 13.3. The molecule has 0 fully saturated rings. The summed E-state index contributed by atoms with van der Waals surface area (Å²) in [7, 11) is 0. The van der Waals surface area contributed by atoms with Gasteiger partial charge in [-0.2, -0.15) is 13.2 Å². The first-order valence-electron chi connectivity index (χ1n) is 5.68. The highest BCUT2D eigenvalue weighted by molar-refractivity contribution is 5.55. The van der Waals surface area contributed by atoms with Crippen LogP contribution in [0.15, 0.2) is 35.1 Å². The van der Waals surface area contributed by atoms with Gasteiger partial charge in [-0.15, -0.1) is 0 Å². The summed E-state index contributed by atoms with van der Waals surface area (Å²) in [6.45, 7) is 1.85. The number of rotatable bonds is 2. The van der Waals surface area contributed by atoms with Crippen molar-refractivity contribution in [1.29, 1.82) is 0 Å². The van der Waals surface area contributed by atoms with Gasteiger partial charge in [0.15, 0.2) is 0 Å². The normalized spacial score (nSPS) is 11.6. The highest BCUT2D eigenvalue weighted by Crippen LogP contribution is 2.30. The van der Waals surface area contributed by atoms with Gasteiger partial charge in [0.05, 0.1) is 5.56 Å². The minimum absolute atomic E-state index is 0.276. The molecule has 0 aliphatic heterocycles. The molecule has 2 rings (SSSR count). The predicted molar refractivity (Wildman–Crippen MR) is 64.7 cm³/mol. The fourth-order valence-corrected chi connectivity index (χ4v) is 1.64. The van der Waals surface area contributed by atoms with Crippen molar-refractivity contribution in [3.8, 4) is 11.4 Å². The molecule has 3 nitrogen and oxygen atoms in total. The van der Waals surface area contributed by atoms with Crippen LogP contribution in [-0.4, -0.2) is 9.97 Å². The molecule has 0 spiro atoms. The predicted octanol–water partition coefficient (Wildman–Crippen LogP) is 3.02. The van der Waals surface area contributed by atoms with Crippen molar-refractivity contribution in [2.24, 2.45) is 0 Å². The number of nitrogens with zero attached hydrogens (tertiary/aromatic N) is 1.